The second-order valence-electron chi connectivity index (χ2n) is 4.54. The molecule has 1 unspecified atom stereocenters. The van der Waals surface area contributed by atoms with Crippen LogP contribution in [0.3, 0.4) is 0 Å². The zero-order valence-electron chi connectivity index (χ0n) is 13.2. The zero-order chi connectivity index (χ0) is 16.7. The number of halogens is 1. The van der Waals surface area contributed by atoms with Crippen LogP contribution < -0.4 is 10.1 Å². The van der Waals surface area contributed by atoms with Gasteiger partial charge in [-0.25, -0.2) is 0 Å². The van der Waals surface area contributed by atoms with E-state index in [2.05, 4.69) is 5.32 Å². The predicted octanol–water partition coefficient (Wildman–Crippen LogP) is 4.04. The van der Waals surface area contributed by atoms with Crippen LogP contribution in [0.2, 0.25) is 5.02 Å². The third-order valence-corrected chi connectivity index (χ3v) is 4.96. The van der Waals surface area contributed by atoms with Crippen LogP contribution >= 0.6 is 35.6 Å². The number of amides is 1. The summed E-state index contributed by atoms with van der Waals surface area (Å²) < 4.78 is 5.82. The van der Waals surface area contributed by atoms with E-state index in [1.165, 1.54) is 11.8 Å². The van der Waals surface area contributed by atoms with Crippen molar-refractivity contribution in [1.29, 1.82) is 0 Å². The number of anilines is 1. The Morgan fingerprint density at radius 1 is 1.45 bits per heavy atom. The van der Waals surface area contributed by atoms with Gasteiger partial charge in [-0.15, -0.1) is 0 Å². The minimum Gasteiger partial charge on any atom is -0.495 e. The topological polar surface area (TPSA) is 41.6 Å². The summed E-state index contributed by atoms with van der Waals surface area (Å²) in [5.41, 5.74) is 0.636. The Bertz CT molecular complexity index is 536. The fourth-order valence-electron chi connectivity index (χ4n) is 1.75. The van der Waals surface area contributed by atoms with E-state index in [0.29, 0.717) is 16.5 Å². The zero-order valence-corrected chi connectivity index (χ0v) is 15.6. The van der Waals surface area contributed by atoms with E-state index in [9.17, 15) is 4.79 Å². The van der Waals surface area contributed by atoms with E-state index in [1.807, 2.05) is 25.7 Å². The molecular weight excluding hydrogens is 340 g/mol. The summed E-state index contributed by atoms with van der Waals surface area (Å²) in [6.07, 6.45) is 0. The summed E-state index contributed by atoms with van der Waals surface area (Å²) >= 11 is 12.8. The van der Waals surface area contributed by atoms with E-state index in [-0.39, 0.29) is 11.2 Å². The van der Waals surface area contributed by atoms with Gasteiger partial charge in [0.15, 0.2) is 0 Å². The number of benzene rings is 1. The number of ether oxygens (including phenoxy) is 1. The highest BCUT2D eigenvalue weighted by Gasteiger charge is 2.18. The van der Waals surface area contributed by atoms with Gasteiger partial charge in [-0.05, 0) is 39.0 Å². The molecule has 7 heteroatoms. The Balaban J connectivity index is 2.64. The molecule has 0 saturated carbocycles. The monoisotopic (exact) mass is 360 g/mol. The number of thiocarbonyl (C=S) groups is 1. The Morgan fingerprint density at radius 2 is 2.09 bits per heavy atom. The standard InChI is InChI=1S/C15H21ClN2O2S2/c1-5-18(6-2)15(21)22-10(3)14(19)17-11-7-8-13(20-4)12(16)9-11/h7-10H,5-6H2,1-4H3,(H,17,19). The Morgan fingerprint density at radius 3 is 2.59 bits per heavy atom. The molecule has 0 aliphatic rings. The second kappa shape index (κ2) is 9.22. The molecule has 0 fully saturated rings. The largest absolute Gasteiger partial charge is 0.495 e. The van der Waals surface area contributed by atoms with Crippen LogP contribution in [0.5, 0.6) is 5.75 Å². The maximum absolute atomic E-state index is 12.2. The molecule has 1 aromatic rings. The second-order valence-corrected chi connectivity index (χ2v) is 6.92. The first-order valence-corrected chi connectivity index (χ1v) is 8.69. The summed E-state index contributed by atoms with van der Waals surface area (Å²) in [5, 5.41) is 3.01. The van der Waals surface area contributed by atoms with Crippen LogP contribution in [0, 0.1) is 0 Å². The number of thioether (sulfide) groups is 1. The maximum Gasteiger partial charge on any atom is 0.237 e. The van der Waals surface area contributed by atoms with Gasteiger partial charge in [0.25, 0.3) is 0 Å². The number of rotatable bonds is 6. The van der Waals surface area contributed by atoms with Crippen molar-refractivity contribution in [2.45, 2.75) is 26.0 Å². The molecule has 0 aliphatic carbocycles. The lowest BCUT2D eigenvalue weighted by Crippen LogP contribution is -2.31. The van der Waals surface area contributed by atoms with Crippen molar-refractivity contribution < 1.29 is 9.53 Å². The Hall–Kier alpha value is -0.980. The van der Waals surface area contributed by atoms with Crippen molar-refractivity contribution in [3.05, 3.63) is 23.2 Å². The molecule has 0 aromatic heterocycles. The summed E-state index contributed by atoms with van der Waals surface area (Å²) in [7, 11) is 1.55. The lowest BCUT2D eigenvalue weighted by atomic mass is 10.3. The van der Waals surface area contributed by atoms with E-state index in [0.717, 1.165) is 17.4 Å². The van der Waals surface area contributed by atoms with Gasteiger partial charge >= 0.3 is 0 Å². The molecular formula is C15H21ClN2O2S2. The van der Waals surface area contributed by atoms with Crippen molar-refractivity contribution in [3.63, 3.8) is 0 Å². The third-order valence-electron chi connectivity index (χ3n) is 3.09. The van der Waals surface area contributed by atoms with Gasteiger partial charge in [-0.1, -0.05) is 35.6 Å². The summed E-state index contributed by atoms with van der Waals surface area (Å²) in [6, 6.07) is 5.14. The molecule has 1 atom stereocenters. The lowest BCUT2D eigenvalue weighted by Gasteiger charge is -2.23. The van der Waals surface area contributed by atoms with Crippen LogP contribution in [-0.2, 0) is 4.79 Å². The smallest absolute Gasteiger partial charge is 0.237 e. The van der Waals surface area contributed by atoms with Crippen LogP contribution in [0.15, 0.2) is 18.2 Å². The molecule has 22 heavy (non-hydrogen) atoms. The highest BCUT2D eigenvalue weighted by Crippen LogP contribution is 2.27. The lowest BCUT2D eigenvalue weighted by molar-refractivity contribution is -0.115. The van der Waals surface area contributed by atoms with Crippen LogP contribution in [-0.4, -0.2) is 40.6 Å². The highest BCUT2D eigenvalue weighted by atomic mass is 35.5. The van der Waals surface area contributed by atoms with Crippen LogP contribution in [0.25, 0.3) is 0 Å². The maximum atomic E-state index is 12.2. The van der Waals surface area contributed by atoms with Crippen LogP contribution in [0.4, 0.5) is 5.69 Å². The highest BCUT2D eigenvalue weighted by molar-refractivity contribution is 8.23. The average Bonchev–Trinajstić information content (AvgIpc) is 2.48. The van der Waals surface area contributed by atoms with Gasteiger partial charge < -0.3 is 15.0 Å². The molecule has 1 aromatic carbocycles. The first-order chi connectivity index (χ1) is 10.4. The van der Waals surface area contributed by atoms with Gasteiger partial charge in [0.1, 0.15) is 10.1 Å². The molecule has 0 heterocycles. The minimum absolute atomic E-state index is 0.110. The molecule has 0 radical (unpaired) electrons. The fraction of sp³-hybridized carbons (Fsp3) is 0.467. The van der Waals surface area contributed by atoms with Crippen molar-refractivity contribution in [3.8, 4) is 5.75 Å². The number of carbonyl (C=O) groups is 1. The first kappa shape index (κ1) is 19.1. The number of methoxy groups -OCH3 is 1. The number of nitrogens with zero attached hydrogens (tertiary/aromatic N) is 1. The van der Waals surface area contributed by atoms with Gasteiger partial charge in [0.05, 0.1) is 17.4 Å². The molecule has 0 spiro atoms. The van der Waals surface area contributed by atoms with Crippen molar-refractivity contribution in [2.24, 2.45) is 0 Å². The van der Waals surface area contributed by atoms with E-state index in [1.54, 1.807) is 25.3 Å². The number of carbonyl (C=O) groups excluding carboxylic acids is 1. The molecule has 4 nitrogen and oxygen atoms in total. The van der Waals surface area contributed by atoms with Crippen molar-refractivity contribution in [1.82, 2.24) is 4.90 Å². The number of hydrogen-bond donors (Lipinski definition) is 1. The van der Waals surface area contributed by atoms with Gasteiger partial charge in [0.2, 0.25) is 5.91 Å². The Kier molecular flexibility index (Phi) is 8.00. The molecule has 1 rings (SSSR count). The predicted molar refractivity (Wildman–Crippen MR) is 99.2 cm³/mol. The van der Waals surface area contributed by atoms with Crippen molar-refractivity contribution in [2.75, 3.05) is 25.5 Å². The molecule has 0 bridgehead atoms. The minimum atomic E-state index is -0.283. The van der Waals surface area contributed by atoms with E-state index >= 15 is 0 Å². The van der Waals surface area contributed by atoms with Crippen LogP contribution in [0.1, 0.15) is 20.8 Å². The molecule has 122 valence electrons. The van der Waals surface area contributed by atoms with E-state index in [4.69, 9.17) is 28.6 Å². The molecule has 1 amide bonds. The Labute approximate surface area is 146 Å². The molecule has 1 N–H and O–H groups in total. The summed E-state index contributed by atoms with van der Waals surface area (Å²) in [6.45, 7) is 7.59. The van der Waals surface area contributed by atoms with Gasteiger partial charge in [0, 0.05) is 18.8 Å². The SMILES string of the molecule is CCN(CC)C(=S)SC(C)C(=O)Nc1ccc(OC)c(Cl)c1. The van der Waals surface area contributed by atoms with E-state index < -0.39 is 0 Å². The fourth-order valence-corrected chi connectivity index (χ4v) is 3.57. The molecule has 0 saturated heterocycles. The number of hydrogen-bond acceptors (Lipinski definition) is 4. The molecule has 0 aliphatic heterocycles. The normalized spacial score (nSPS) is 11.7. The average molecular weight is 361 g/mol. The van der Waals surface area contributed by atoms with Gasteiger partial charge in [-0.2, -0.15) is 0 Å². The summed E-state index contributed by atoms with van der Waals surface area (Å²) in [5.74, 6) is 0.463. The van der Waals surface area contributed by atoms with Crippen molar-refractivity contribution >= 4 is 51.5 Å². The number of nitrogens with one attached hydrogen (secondary N) is 1. The first-order valence-electron chi connectivity index (χ1n) is 7.02. The van der Waals surface area contributed by atoms with Gasteiger partial charge in [-0.3, -0.25) is 4.79 Å². The summed E-state index contributed by atoms with van der Waals surface area (Å²) in [4.78, 5) is 14.3. The third kappa shape index (κ3) is 5.34. The quantitative estimate of drug-likeness (QED) is 0.775.